The molecule has 6 heteroatoms. The average Bonchev–Trinajstić information content (AvgIpc) is 3.09. The van der Waals surface area contributed by atoms with E-state index in [2.05, 4.69) is 47.5 Å². The Morgan fingerprint density at radius 3 is 2.68 bits per heavy atom. The van der Waals surface area contributed by atoms with E-state index < -0.39 is 10.0 Å². The summed E-state index contributed by atoms with van der Waals surface area (Å²) in [6.45, 7) is 3.30. The fraction of sp³-hybridized carbons (Fsp3) is 0.438. The smallest absolute Gasteiger partial charge is 0.211 e. The molecule has 22 heavy (non-hydrogen) atoms. The van der Waals surface area contributed by atoms with Crippen molar-refractivity contribution in [2.24, 2.45) is 5.92 Å². The number of aromatic nitrogens is 2. The number of aromatic amines is 1. The van der Waals surface area contributed by atoms with E-state index in [-0.39, 0.29) is 0 Å². The fourth-order valence-corrected chi connectivity index (χ4v) is 3.83. The molecule has 3 rings (SSSR count). The second kappa shape index (κ2) is 5.85. The molecule has 0 radical (unpaired) electrons. The number of sulfonamides is 1. The standard InChI is InChI=1S/C16H21N3O2S/c1-12-3-5-14(6-4-12)16-10-15(17-18-16)9-13-7-8-19(11-13)22(2,20)21/h3-6,10,13H,7-9,11H2,1-2H3,(H,17,18)/t13-/m0/s1. The molecule has 1 fully saturated rings. The van der Waals surface area contributed by atoms with Crippen LogP contribution in [-0.2, 0) is 16.4 Å². The van der Waals surface area contributed by atoms with Crippen LogP contribution >= 0.6 is 0 Å². The topological polar surface area (TPSA) is 66.1 Å². The van der Waals surface area contributed by atoms with Gasteiger partial charge in [0.15, 0.2) is 0 Å². The number of nitrogens with one attached hydrogen (secondary N) is 1. The van der Waals surface area contributed by atoms with Gasteiger partial charge in [-0.05, 0) is 31.7 Å². The van der Waals surface area contributed by atoms with E-state index in [9.17, 15) is 8.42 Å². The molecule has 1 N–H and O–H groups in total. The normalized spacial score (nSPS) is 19.6. The molecule has 0 aliphatic carbocycles. The van der Waals surface area contributed by atoms with Gasteiger partial charge in [-0.1, -0.05) is 29.8 Å². The van der Waals surface area contributed by atoms with Crippen LogP contribution in [0.2, 0.25) is 0 Å². The van der Waals surface area contributed by atoms with Crippen molar-refractivity contribution in [3.63, 3.8) is 0 Å². The molecule has 0 amide bonds. The summed E-state index contributed by atoms with van der Waals surface area (Å²) in [7, 11) is -3.06. The van der Waals surface area contributed by atoms with Gasteiger partial charge < -0.3 is 0 Å². The zero-order valence-corrected chi connectivity index (χ0v) is 13.7. The molecule has 0 unspecified atom stereocenters. The fourth-order valence-electron chi connectivity index (χ4n) is 2.91. The molecule has 2 aromatic rings. The van der Waals surface area contributed by atoms with Gasteiger partial charge in [0.2, 0.25) is 10.0 Å². The highest BCUT2D eigenvalue weighted by molar-refractivity contribution is 7.88. The van der Waals surface area contributed by atoms with Crippen LogP contribution in [0.25, 0.3) is 11.3 Å². The molecule has 2 heterocycles. The number of hydrogen-bond acceptors (Lipinski definition) is 3. The molecular weight excluding hydrogens is 298 g/mol. The Kier molecular flexibility index (Phi) is 4.06. The third-order valence-corrected chi connectivity index (χ3v) is 5.47. The molecule has 1 aromatic carbocycles. The van der Waals surface area contributed by atoms with Gasteiger partial charge in [0.1, 0.15) is 0 Å². The van der Waals surface area contributed by atoms with Gasteiger partial charge in [0, 0.05) is 24.3 Å². The predicted octanol–water partition coefficient (Wildman–Crippen LogP) is 2.21. The molecule has 1 saturated heterocycles. The Bertz CT molecular complexity index is 750. The molecule has 1 aliphatic rings. The summed E-state index contributed by atoms with van der Waals surface area (Å²) in [4.78, 5) is 0. The van der Waals surface area contributed by atoms with Crippen molar-refractivity contribution in [2.45, 2.75) is 19.8 Å². The molecule has 1 aromatic heterocycles. The Labute approximate surface area is 131 Å². The largest absolute Gasteiger partial charge is 0.282 e. The zero-order valence-electron chi connectivity index (χ0n) is 12.9. The van der Waals surface area contributed by atoms with Crippen LogP contribution < -0.4 is 0 Å². The predicted molar refractivity (Wildman–Crippen MR) is 87.0 cm³/mol. The number of benzene rings is 1. The van der Waals surface area contributed by atoms with Crippen LogP contribution in [0.1, 0.15) is 17.7 Å². The number of H-pyrrole nitrogens is 1. The quantitative estimate of drug-likeness (QED) is 0.939. The van der Waals surface area contributed by atoms with E-state index >= 15 is 0 Å². The van der Waals surface area contributed by atoms with Crippen LogP contribution in [0.5, 0.6) is 0 Å². The SMILES string of the molecule is Cc1ccc(-c2cc(C[C@@H]3CCN(S(C)(=O)=O)C3)[nH]n2)cc1. The van der Waals surface area contributed by atoms with Crippen molar-refractivity contribution in [3.8, 4) is 11.3 Å². The van der Waals surface area contributed by atoms with Crippen molar-refractivity contribution in [1.82, 2.24) is 14.5 Å². The van der Waals surface area contributed by atoms with E-state index in [0.29, 0.717) is 19.0 Å². The number of aryl methyl sites for hydroxylation is 1. The van der Waals surface area contributed by atoms with Crippen molar-refractivity contribution in [1.29, 1.82) is 0 Å². The summed E-state index contributed by atoms with van der Waals surface area (Å²) in [5, 5.41) is 7.45. The highest BCUT2D eigenvalue weighted by atomic mass is 32.2. The Hall–Kier alpha value is -1.66. The summed E-state index contributed by atoms with van der Waals surface area (Å²) in [6, 6.07) is 10.3. The average molecular weight is 319 g/mol. The molecule has 0 saturated carbocycles. The Balaban J connectivity index is 1.67. The summed E-state index contributed by atoms with van der Waals surface area (Å²) in [5.74, 6) is 0.362. The minimum absolute atomic E-state index is 0.362. The molecule has 118 valence electrons. The third kappa shape index (κ3) is 3.39. The van der Waals surface area contributed by atoms with Gasteiger partial charge in [-0.25, -0.2) is 12.7 Å². The summed E-state index contributed by atoms with van der Waals surface area (Å²) >= 11 is 0. The highest BCUT2D eigenvalue weighted by Crippen LogP contribution is 2.24. The van der Waals surface area contributed by atoms with Crippen molar-refractivity contribution in [3.05, 3.63) is 41.6 Å². The maximum Gasteiger partial charge on any atom is 0.211 e. The van der Waals surface area contributed by atoms with E-state index in [1.807, 2.05) is 0 Å². The van der Waals surface area contributed by atoms with Gasteiger partial charge in [0.25, 0.3) is 0 Å². The van der Waals surface area contributed by atoms with E-state index in [1.54, 1.807) is 4.31 Å². The monoisotopic (exact) mass is 319 g/mol. The first-order valence-corrected chi connectivity index (χ1v) is 9.33. The van der Waals surface area contributed by atoms with E-state index in [0.717, 1.165) is 29.8 Å². The van der Waals surface area contributed by atoms with Crippen LogP contribution in [0.3, 0.4) is 0 Å². The summed E-state index contributed by atoms with van der Waals surface area (Å²) in [5.41, 5.74) is 4.33. The minimum Gasteiger partial charge on any atom is -0.282 e. The number of hydrogen-bond donors (Lipinski definition) is 1. The molecular formula is C16H21N3O2S. The van der Waals surface area contributed by atoms with Crippen molar-refractivity contribution < 1.29 is 8.42 Å². The molecule has 0 bridgehead atoms. The zero-order chi connectivity index (χ0) is 15.7. The van der Waals surface area contributed by atoms with E-state index in [1.165, 1.54) is 11.8 Å². The second-order valence-corrected chi connectivity index (χ2v) is 8.11. The Morgan fingerprint density at radius 1 is 1.32 bits per heavy atom. The first kappa shape index (κ1) is 15.2. The first-order valence-electron chi connectivity index (χ1n) is 7.48. The molecule has 1 aliphatic heterocycles. The molecule has 0 spiro atoms. The van der Waals surface area contributed by atoms with Gasteiger partial charge in [-0.15, -0.1) is 0 Å². The van der Waals surface area contributed by atoms with Gasteiger partial charge in [-0.3, -0.25) is 5.10 Å². The van der Waals surface area contributed by atoms with Gasteiger partial charge >= 0.3 is 0 Å². The Morgan fingerprint density at radius 2 is 2.05 bits per heavy atom. The lowest BCUT2D eigenvalue weighted by Gasteiger charge is -2.12. The maximum atomic E-state index is 11.6. The van der Waals surface area contributed by atoms with Crippen LogP contribution in [0.4, 0.5) is 0 Å². The van der Waals surface area contributed by atoms with Gasteiger partial charge in [-0.2, -0.15) is 5.10 Å². The highest BCUT2D eigenvalue weighted by Gasteiger charge is 2.28. The van der Waals surface area contributed by atoms with Gasteiger partial charge in [0.05, 0.1) is 11.9 Å². The van der Waals surface area contributed by atoms with Crippen LogP contribution in [0.15, 0.2) is 30.3 Å². The summed E-state index contributed by atoms with van der Waals surface area (Å²) < 4.78 is 24.7. The van der Waals surface area contributed by atoms with Crippen LogP contribution in [0, 0.1) is 12.8 Å². The lowest BCUT2D eigenvalue weighted by molar-refractivity contribution is 0.459. The first-order chi connectivity index (χ1) is 10.4. The lowest BCUT2D eigenvalue weighted by Crippen LogP contribution is -2.27. The van der Waals surface area contributed by atoms with E-state index in [4.69, 9.17) is 0 Å². The number of nitrogens with zero attached hydrogens (tertiary/aromatic N) is 2. The molecule has 5 nitrogen and oxygen atoms in total. The molecule has 1 atom stereocenters. The second-order valence-electron chi connectivity index (χ2n) is 6.12. The van der Waals surface area contributed by atoms with Crippen LogP contribution in [-0.4, -0.2) is 42.3 Å². The van der Waals surface area contributed by atoms with Crippen molar-refractivity contribution in [2.75, 3.05) is 19.3 Å². The van der Waals surface area contributed by atoms with Crippen molar-refractivity contribution >= 4 is 10.0 Å². The maximum absolute atomic E-state index is 11.6. The number of rotatable bonds is 4. The lowest BCUT2D eigenvalue weighted by atomic mass is 10.0. The summed E-state index contributed by atoms with van der Waals surface area (Å²) in [6.07, 6.45) is 3.03. The third-order valence-electron chi connectivity index (χ3n) is 4.20. The minimum atomic E-state index is -3.06.